The van der Waals surface area contributed by atoms with Gasteiger partial charge in [-0.3, -0.25) is 10.2 Å². The number of aliphatic hydroxyl groups excluding tert-OH is 2. The first kappa shape index (κ1) is 33.6. The molecule has 0 aromatic heterocycles. The maximum atomic E-state index is 13.7. The molecule has 3 rings (SSSR count). The van der Waals surface area contributed by atoms with Crippen LogP contribution < -0.4 is 10.6 Å². The SMILES string of the molecule is COC(=O)NCCOC(c1cccc(Cl)c1)C1CCCN(C(=O)[NH2+]C(CC2CCCCC2)C(O)C(O)CC(C)C)C1. The minimum atomic E-state index is -0.964. The van der Waals surface area contributed by atoms with Crippen LogP contribution in [0.25, 0.3) is 0 Å². The molecular weight excluding hydrogens is 546 g/mol. The summed E-state index contributed by atoms with van der Waals surface area (Å²) in [5, 5.41) is 26.9. The summed E-state index contributed by atoms with van der Waals surface area (Å²) in [5.74, 6) is 0.748. The van der Waals surface area contributed by atoms with Gasteiger partial charge in [0.1, 0.15) is 12.1 Å². The molecule has 5 atom stereocenters. The van der Waals surface area contributed by atoms with Crippen LogP contribution in [0.15, 0.2) is 24.3 Å². The number of amides is 3. The second-order valence-electron chi connectivity index (χ2n) is 12.2. The third-order valence-corrected chi connectivity index (χ3v) is 8.70. The van der Waals surface area contributed by atoms with E-state index in [1.165, 1.54) is 26.4 Å². The summed E-state index contributed by atoms with van der Waals surface area (Å²) >= 11 is 6.31. The lowest BCUT2D eigenvalue weighted by molar-refractivity contribution is -0.615. The van der Waals surface area contributed by atoms with Crippen LogP contribution in [0.3, 0.4) is 0 Å². The fraction of sp³-hybridized carbons (Fsp3) is 0.742. The number of halogens is 1. The Morgan fingerprint density at radius 2 is 1.90 bits per heavy atom. The summed E-state index contributed by atoms with van der Waals surface area (Å²) in [6.07, 6.45) is 6.13. The minimum Gasteiger partial charge on any atom is -0.453 e. The van der Waals surface area contributed by atoms with Gasteiger partial charge in [0.05, 0.1) is 25.9 Å². The Morgan fingerprint density at radius 1 is 1.15 bits per heavy atom. The third-order valence-electron chi connectivity index (χ3n) is 8.46. The molecule has 41 heavy (non-hydrogen) atoms. The maximum absolute atomic E-state index is 13.7. The molecule has 5 unspecified atom stereocenters. The first-order chi connectivity index (χ1) is 19.7. The Bertz CT molecular complexity index is 944. The second kappa shape index (κ2) is 17.3. The summed E-state index contributed by atoms with van der Waals surface area (Å²) < 4.78 is 10.9. The fourth-order valence-electron chi connectivity index (χ4n) is 6.37. The van der Waals surface area contributed by atoms with E-state index in [1.807, 2.05) is 43.0 Å². The van der Waals surface area contributed by atoms with Crippen molar-refractivity contribution in [3.05, 3.63) is 34.9 Å². The number of hydrogen-bond acceptors (Lipinski definition) is 6. The number of nitrogens with two attached hydrogens (primary N) is 1. The number of carbonyl (C=O) groups excluding carboxylic acids is 2. The zero-order valence-electron chi connectivity index (χ0n) is 25.0. The van der Waals surface area contributed by atoms with Crippen molar-refractivity contribution < 1.29 is 34.6 Å². The van der Waals surface area contributed by atoms with Crippen LogP contribution in [-0.4, -0.2) is 78.8 Å². The summed E-state index contributed by atoms with van der Waals surface area (Å²) in [5.41, 5.74) is 0.932. The first-order valence-corrected chi connectivity index (χ1v) is 15.7. The van der Waals surface area contributed by atoms with Crippen molar-refractivity contribution in [3.63, 3.8) is 0 Å². The number of aliphatic hydroxyl groups is 2. The van der Waals surface area contributed by atoms with Crippen LogP contribution >= 0.6 is 11.6 Å². The molecule has 3 amide bonds. The molecule has 2 fully saturated rings. The van der Waals surface area contributed by atoms with E-state index >= 15 is 0 Å². The highest BCUT2D eigenvalue weighted by Crippen LogP contribution is 2.34. The first-order valence-electron chi connectivity index (χ1n) is 15.4. The molecule has 1 saturated carbocycles. The monoisotopic (exact) mass is 596 g/mol. The zero-order chi connectivity index (χ0) is 29.8. The highest BCUT2D eigenvalue weighted by atomic mass is 35.5. The van der Waals surface area contributed by atoms with Gasteiger partial charge in [-0.15, -0.1) is 0 Å². The average Bonchev–Trinajstić information content (AvgIpc) is 2.96. The molecule has 5 N–H and O–H groups in total. The number of quaternary nitrogens is 1. The number of piperidine rings is 1. The van der Waals surface area contributed by atoms with Gasteiger partial charge in [-0.1, -0.05) is 69.7 Å². The predicted molar refractivity (Wildman–Crippen MR) is 159 cm³/mol. The van der Waals surface area contributed by atoms with E-state index in [-0.39, 0.29) is 36.6 Å². The lowest BCUT2D eigenvalue weighted by Gasteiger charge is -2.37. The van der Waals surface area contributed by atoms with Gasteiger partial charge >= 0.3 is 12.1 Å². The minimum absolute atomic E-state index is 0.0333. The Kier molecular flexibility index (Phi) is 14.1. The number of hydrogen-bond donors (Lipinski definition) is 4. The van der Waals surface area contributed by atoms with E-state index in [4.69, 9.17) is 16.3 Å². The predicted octanol–water partition coefficient (Wildman–Crippen LogP) is 4.26. The quantitative estimate of drug-likeness (QED) is 0.252. The molecule has 0 spiro atoms. The number of primary amides is 1. The molecule has 1 saturated heterocycles. The van der Waals surface area contributed by atoms with Crippen LogP contribution in [0.5, 0.6) is 0 Å². The van der Waals surface area contributed by atoms with E-state index in [0.717, 1.165) is 37.7 Å². The lowest BCUT2D eigenvalue weighted by atomic mass is 9.82. The van der Waals surface area contributed by atoms with Crippen molar-refractivity contribution in [3.8, 4) is 0 Å². The largest absolute Gasteiger partial charge is 0.453 e. The number of nitrogens with zero attached hydrogens (tertiary/aromatic N) is 1. The Labute approximate surface area is 250 Å². The topological polar surface area (TPSA) is 125 Å². The molecule has 10 heteroatoms. The normalized spacial score (nSPS) is 21.2. The van der Waals surface area contributed by atoms with Gasteiger partial charge in [0.2, 0.25) is 0 Å². The number of nitrogens with one attached hydrogen (secondary N) is 1. The molecular formula is C31H51ClN3O6+. The van der Waals surface area contributed by atoms with E-state index in [2.05, 4.69) is 10.1 Å². The standard InChI is InChI=1S/C31H50ClN3O6/c1-21(2)17-27(36)28(37)26(18-22-9-5-4-6-10-22)34-30(38)35-15-8-12-24(20-35)29(23-11-7-13-25(32)19-23)41-16-14-33-31(39)40-3/h7,11,13,19,21-22,24,26-29,36-37H,4-6,8-10,12,14-18,20H2,1-3H3,(H,33,39)(H,34,38)/p+1. The summed E-state index contributed by atoms with van der Waals surface area (Å²) in [7, 11) is 1.32. The maximum Gasteiger partial charge on any atom is 0.416 e. The highest BCUT2D eigenvalue weighted by molar-refractivity contribution is 6.30. The van der Waals surface area contributed by atoms with Gasteiger partial charge in [0.25, 0.3) is 0 Å². The number of ether oxygens (including phenoxy) is 2. The van der Waals surface area contributed by atoms with E-state index in [9.17, 15) is 19.8 Å². The third kappa shape index (κ3) is 11.0. The number of likely N-dealkylation sites (tertiary alicyclic amines) is 1. The van der Waals surface area contributed by atoms with Crippen LogP contribution in [-0.2, 0) is 9.47 Å². The molecule has 1 aliphatic heterocycles. The van der Waals surface area contributed by atoms with Gasteiger partial charge in [-0.25, -0.2) is 9.59 Å². The number of methoxy groups -OCH3 is 1. The lowest BCUT2D eigenvalue weighted by Crippen LogP contribution is -2.98. The van der Waals surface area contributed by atoms with Crippen molar-refractivity contribution in [2.45, 2.75) is 96.0 Å². The summed E-state index contributed by atoms with van der Waals surface area (Å²) in [6.45, 7) is 5.78. The molecule has 1 aromatic rings. The summed E-state index contributed by atoms with van der Waals surface area (Å²) in [4.78, 5) is 27.0. The van der Waals surface area contributed by atoms with Gasteiger partial charge < -0.3 is 25.0 Å². The van der Waals surface area contributed by atoms with Crippen molar-refractivity contribution >= 4 is 23.7 Å². The van der Waals surface area contributed by atoms with E-state index < -0.39 is 18.3 Å². The van der Waals surface area contributed by atoms with Gasteiger partial charge in [0.15, 0.2) is 0 Å². The molecule has 1 heterocycles. The van der Waals surface area contributed by atoms with Crippen LogP contribution in [0.4, 0.5) is 9.59 Å². The number of alkyl carbamates (subject to hydrolysis) is 1. The van der Waals surface area contributed by atoms with Crippen molar-refractivity contribution in [1.29, 1.82) is 0 Å². The average molecular weight is 597 g/mol. The molecule has 9 nitrogen and oxygen atoms in total. The number of urea groups is 1. The number of benzene rings is 1. The van der Waals surface area contributed by atoms with Crippen LogP contribution in [0.2, 0.25) is 5.02 Å². The molecule has 2 aliphatic rings. The Hall–Kier alpha value is -1.91. The van der Waals surface area contributed by atoms with Crippen LogP contribution in [0, 0.1) is 17.8 Å². The van der Waals surface area contributed by atoms with Gasteiger partial charge in [-0.2, -0.15) is 0 Å². The summed E-state index contributed by atoms with van der Waals surface area (Å²) in [6, 6.07) is 7.09. The van der Waals surface area contributed by atoms with E-state index in [1.54, 1.807) is 5.32 Å². The van der Waals surface area contributed by atoms with Crippen molar-refractivity contribution in [2.24, 2.45) is 17.8 Å². The van der Waals surface area contributed by atoms with Crippen molar-refractivity contribution in [1.82, 2.24) is 10.2 Å². The van der Waals surface area contributed by atoms with Gasteiger partial charge in [0, 0.05) is 37.0 Å². The van der Waals surface area contributed by atoms with Crippen LogP contribution in [0.1, 0.15) is 83.3 Å². The Balaban J connectivity index is 1.69. The fourth-order valence-corrected chi connectivity index (χ4v) is 6.57. The molecule has 0 bridgehead atoms. The van der Waals surface area contributed by atoms with Gasteiger partial charge in [-0.05, 0) is 48.8 Å². The molecule has 1 aliphatic carbocycles. The zero-order valence-corrected chi connectivity index (χ0v) is 25.7. The molecule has 232 valence electrons. The molecule has 1 aromatic carbocycles. The number of rotatable bonds is 13. The molecule has 0 radical (unpaired) electrons. The highest BCUT2D eigenvalue weighted by Gasteiger charge is 2.38. The van der Waals surface area contributed by atoms with E-state index in [0.29, 0.717) is 37.0 Å². The Morgan fingerprint density at radius 3 is 2.59 bits per heavy atom. The second-order valence-corrected chi connectivity index (χ2v) is 12.6. The number of carbonyl (C=O) groups is 2. The smallest absolute Gasteiger partial charge is 0.416 e. The van der Waals surface area contributed by atoms with Crippen molar-refractivity contribution in [2.75, 3.05) is 33.4 Å².